The lowest BCUT2D eigenvalue weighted by molar-refractivity contribution is -0.143. The molecule has 9 N–H and O–H groups in total. The molecule has 0 saturated carbocycles. The number of H-pyrrole nitrogens is 3. The number of nitrogens with zero attached hydrogens (tertiary/aromatic N) is 2. The number of rotatable bonds is 9. The highest BCUT2D eigenvalue weighted by atomic mass is 16.2. The van der Waals surface area contributed by atoms with Gasteiger partial charge in [0, 0.05) is 83.7 Å². The first-order valence-electron chi connectivity index (χ1n) is 26.6. The second-order valence-electron chi connectivity index (χ2n) is 21.4. The van der Waals surface area contributed by atoms with Gasteiger partial charge in [0.1, 0.15) is 48.3 Å². The molecule has 3 fully saturated rings. The summed E-state index contributed by atoms with van der Waals surface area (Å²) >= 11 is 0. The van der Waals surface area contributed by atoms with Gasteiger partial charge in [-0.15, -0.1) is 0 Å². The third-order valence-corrected chi connectivity index (χ3v) is 15.2. The standard InChI is InChI=1S/C57H69N11O8/c1-31(2)24-46-57(76)68-23-13-21-48(68)54(73)62-43(25-34-28-58-40-17-9-6-14-37(34)40)50(69)61-33(5)56(75)67-22-12-20-47(67)53(72)63-45(27-36-30-60-42-19-11-8-16-39(36)42)52(71)66-49(32(3)4)55(74)64-44(51(70)65-46)26-35-29-59-41-18-10-7-15-38(35)41/h6-11,14-19,28-33,43-49,58-60H,12-13,20-27H2,1-5H3,(H,61,69)(H,62,73)(H,63,72)(H,64,74)(H,65,70)(H,66,71)/t33-,43-,44-,45-,46+,47+,48-,49-/m0/s1. The number of aromatic amines is 3. The van der Waals surface area contributed by atoms with Crippen LogP contribution in [0, 0.1) is 11.8 Å². The summed E-state index contributed by atoms with van der Waals surface area (Å²) in [5.41, 5.74) is 4.64. The Kier molecular flexibility index (Phi) is 15.9. The van der Waals surface area contributed by atoms with Crippen LogP contribution in [0.5, 0.6) is 0 Å². The van der Waals surface area contributed by atoms with Crippen LogP contribution in [0.25, 0.3) is 32.7 Å². The van der Waals surface area contributed by atoms with Crippen LogP contribution in [0.2, 0.25) is 0 Å². The molecule has 3 aromatic heterocycles. The molecular weight excluding hydrogens is 967 g/mol. The zero-order valence-electron chi connectivity index (χ0n) is 43.7. The third kappa shape index (κ3) is 11.5. The lowest BCUT2D eigenvalue weighted by Crippen LogP contribution is -2.62. The molecule has 0 spiro atoms. The average molecular weight is 1040 g/mol. The predicted octanol–water partition coefficient (Wildman–Crippen LogP) is 3.78. The van der Waals surface area contributed by atoms with E-state index in [1.807, 2.05) is 86.6 Å². The zero-order chi connectivity index (χ0) is 53.8. The predicted molar refractivity (Wildman–Crippen MR) is 287 cm³/mol. The second kappa shape index (κ2) is 22.9. The van der Waals surface area contributed by atoms with Gasteiger partial charge < -0.3 is 56.7 Å². The van der Waals surface area contributed by atoms with Crippen LogP contribution in [0.4, 0.5) is 0 Å². The van der Waals surface area contributed by atoms with E-state index >= 15 is 0 Å². The van der Waals surface area contributed by atoms with E-state index in [1.54, 1.807) is 32.4 Å². The Balaban J connectivity index is 1.08. The fourth-order valence-electron chi connectivity index (χ4n) is 11.2. The van der Waals surface area contributed by atoms with Gasteiger partial charge in [0.15, 0.2) is 0 Å². The third-order valence-electron chi connectivity index (χ3n) is 15.2. The Bertz CT molecular complexity index is 3160. The van der Waals surface area contributed by atoms with Gasteiger partial charge in [-0.25, -0.2) is 0 Å². The van der Waals surface area contributed by atoms with Crippen molar-refractivity contribution in [3.8, 4) is 0 Å². The number of benzene rings is 3. The highest BCUT2D eigenvalue weighted by Crippen LogP contribution is 2.26. The van der Waals surface area contributed by atoms with E-state index in [0.717, 1.165) is 49.4 Å². The van der Waals surface area contributed by atoms with Crippen molar-refractivity contribution < 1.29 is 38.4 Å². The highest BCUT2D eigenvalue weighted by molar-refractivity contribution is 6.00. The van der Waals surface area contributed by atoms with Crippen molar-refractivity contribution in [2.24, 2.45) is 11.8 Å². The van der Waals surface area contributed by atoms with Crippen LogP contribution in [-0.2, 0) is 57.6 Å². The molecule has 8 atom stereocenters. The van der Waals surface area contributed by atoms with Gasteiger partial charge in [0.2, 0.25) is 47.3 Å². The molecule has 400 valence electrons. The Hall–Kier alpha value is -7.96. The number of hydrogen-bond donors (Lipinski definition) is 9. The van der Waals surface area contributed by atoms with Crippen LogP contribution >= 0.6 is 0 Å². The average Bonchev–Trinajstić information content (AvgIpc) is 4.28. The number of carbonyl (C=O) groups excluding carboxylic acids is 8. The molecule has 19 heteroatoms. The van der Waals surface area contributed by atoms with Crippen molar-refractivity contribution in [1.29, 1.82) is 0 Å². The van der Waals surface area contributed by atoms with Crippen molar-refractivity contribution in [3.05, 3.63) is 108 Å². The second-order valence-corrected chi connectivity index (χ2v) is 21.4. The Labute approximate surface area is 440 Å². The van der Waals surface area contributed by atoms with Crippen LogP contribution in [0.3, 0.4) is 0 Å². The Morgan fingerprint density at radius 3 is 1.28 bits per heavy atom. The molecular formula is C57H69N11O8. The van der Waals surface area contributed by atoms with Gasteiger partial charge in [0.05, 0.1) is 0 Å². The van der Waals surface area contributed by atoms with Crippen molar-refractivity contribution in [2.45, 2.75) is 134 Å². The smallest absolute Gasteiger partial charge is 0.245 e. The van der Waals surface area contributed by atoms with E-state index in [-0.39, 0.29) is 51.1 Å². The van der Waals surface area contributed by atoms with Crippen molar-refractivity contribution >= 4 is 80.0 Å². The summed E-state index contributed by atoms with van der Waals surface area (Å²) in [5.74, 6) is -5.40. The molecule has 19 nitrogen and oxygen atoms in total. The fraction of sp³-hybridized carbons (Fsp3) is 0.439. The SMILES string of the molecule is CC(C)C[C@H]1NC(=O)[C@H](Cc2c[nH]c3ccccc23)NC(=O)[C@H](C(C)C)NC(=O)[C@H](Cc2c[nH]c3ccccc23)NC(=O)[C@H]2CCCN2C(=O)[C@H](C)NC(=O)[C@H](Cc2c[nH]c3ccccc23)NC(=O)[C@@H]2CCCN2C1=O. The molecule has 0 unspecified atom stereocenters. The lowest BCUT2D eigenvalue weighted by atomic mass is 9.98. The van der Waals surface area contributed by atoms with E-state index in [4.69, 9.17) is 0 Å². The van der Waals surface area contributed by atoms with Crippen LogP contribution in [0.15, 0.2) is 91.4 Å². The molecule has 6 heterocycles. The Morgan fingerprint density at radius 2 is 0.842 bits per heavy atom. The fourth-order valence-corrected chi connectivity index (χ4v) is 11.2. The Morgan fingerprint density at radius 1 is 0.461 bits per heavy atom. The number of fused-ring (bicyclic) bond motifs is 5. The molecule has 3 aromatic carbocycles. The first-order chi connectivity index (χ1) is 36.5. The molecule has 8 amide bonds. The van der Waals surface area contributed by atoms with Crippen LogP contribution in [0.1, 0.15) is 83.4 Å². The topological polar surface area (TPSA) is 263 Å². The zero-order valence-corrected chi connectivity index (χ0v) is 43.7. The number of aromatic nitrogens is 3. The van der Waals surface area contributed by atoms with E-state index in [0.29, 0.717) is 19.3 Å². The van der Waals surface area contributed by atoms with Gasteiger partial charge in [0.25, 0.3) is 0 Å². The molecule has 3 aliphatic heterocycles. The van der Waals surface area contributed by atoms with Gasteiger partial charge in [-0.2, -0.15) is 0 Å². The van der Waals surface area contributed by atoms with Gasteiger partial charge in [-0.3, -0.25) is 38.4 Å². The molecule has 9 rings (SSSR count). The molecule has 3 saturated heterocycles. The maximum absolute atomic E-state index is 14.9. The number of carbonyl (C=O) groups is 8. The van der Waals surface area contributed by atoms with E-state index in [1.165, 1.54) is 16.7 Å². The minimum absolute atomic E-state index is 0.00599. The number of para-hydroxylation sites is 3. The maximum atomic E-state index is 14.9. The van der Waals surface area contributed by atoms with Crippen LogP contribution in [-0.4, -0.2) is 133 Å². The van der Waals surface area contributed by atoms with Crippen molar-refractivity contribution in [3.63, 3.8) is 0 Å². The molecule has 0 bridgehead atoms. The first kappa shape index (κ1) is 52.9. The normalized spacial score (nSPS) is 25.0. The summed E-state index contributed by atoms with van der Waals surface area (Å²) in [4.78, 5) is 130. The highest BCUT2D eigenvalue weighted by Gasteiger charge is 2.43. The van der Waals surface area contributed by atoms with Crippen molar-refractivity contribution in [2.75, 3.05) is 13.1 Å². The summed E-state index contributed by atoms with van der Waals surface area (Å²) in [6.45, 7) is 9.29. The number of hydrogen-bond acceptors (Lipinski definition) is 8. The maximum Gasteiger partial charge on any atom is 0.245 e. The lowest BCUT2D eigenvalue weighted by Gasteiger charge is -2.32. The van der Waals surface area contributed by atoms with Crippen molar-refractivity contribution in [1.82, 2.24) is 56.7 Å². The molecule has 0 aliphatic carbocycles. The molecule has 6 aromatic rings. The first-order valence-corrected chi connectivity index (χ1v) is 26.6. The summed E-state index contributed by atoms with van der Waals surface area (Å²) in [5, 5.41) is 20.0. The largest absolute Gasteiger partial charge is 0.361 e. The van der Waals surface area contributed by atoms with E-state index < -0.39 is 102 Å². The van der Waals surface area contributed by atoms with Crippen LogP contribution < -0.4 is 31.9 Å². The monoisotopic (exact) mass is 1040 g/mol. The number of amides is 8. The van der Waals surface area contributed by atoms with Gasteiger partial charge in [-0.05, 0) is 85.8 Å². The molecule has 3 aliphatic rings. The van der Waals surface area contributed by atoms with E-state index in [9.17, 15) is 38.4 Å². The van der Waals surface area contributed by atoms with E-state index in [2.05, 4.69) is 46.9 Å². The summed E-state index contributed by atoms with van der Waals surface area (Å²) in [7, 11) is 0. The summed E-state index contributed by atoms with van der Waals surface area (Å²) in [6, 6.07) is 13.5. The quantitative estimate of drug-likeness (QED) is 0.103. The summed E-state index contributed by atoms with van der Waals surface area (Å²) in [6.07, 6.45) is 7.08. The minimum Gasteiger partial charge on any atom is -0.361 e. The minimum atomic E-state index is -1.26. The van der Waals surface area contributed by atoms with Gasteiger partial charge in [-0.1, -0.05) is 82.3 Å². The van der Waals surface area contributed by atoms with Gasteiger partial charge >= 0.3 is 0 Å². The summed E-state index contributed by atoms with van der Waals surface area (Å²) < 4.78 is 0. The molecule has 76 heavy (non-hydrogen) atoms. The molecule has 0 radical (unpaired) electrons. The number of nitrogens with one attached hydrogen (secondary N) is 9.